The third kappa shape index (κ3) is 2.89. The lowest BCUT2D eigenvalue weighted by atomic mass is 9.79. The summed E-state index contributed by atoms with van der Waals surface area (Å²) in [4.78, 5) is 40.8. The number of nitrogens with zero attached hydrogens (tertiary/aromatic N) is 2. The molecule has 0 bridgehead atoms. The van der Waals surface area contributed by atoms with Gasteiger partial charge in [-0.05, 0) is 12.8 Å². The van der Waals surface area contributed by atoms with E-state index in [1.165, 1.54) is 6.20 Å². The molecule has 1 aromatic rings. The molecule has 1 spiro atoms. The molecule has 2 fully saturated rings. The number of urea groups is 1. The van der Waals surface area contributed by atoms with Gasteiger partial charge >= 0.3 is 6.03 Å². The van der Waals surface area contributed by atoms with Crippen LogP contribution in [0.5, 0.6) is 0 Å². The lowest BCUT2D eigenvalue weighted by Crippen LogP contribution is -2.48. The zero-order valence-electron chi connectivity index (χ0n) is 11.9. The number of primary amides is 1. The lowest BCUT2D eigenvalue weighted by molar-refractivity contribution is -0.119. The van der Waals surface area contributed by atoms with Crippen LogP contribution < -0.4 is 16.4 Å². The van der Waals surface area contributed by atoms with E-state index in [4.69, 9.17) is 5.73 Å². The molecule has 4 N–H and O–H groups in total. The number of nitrogens with one attached hydrogen (secondary N) is 2. The van der Waals surface area contributed by atoms with Gasteiger partial charge in [0.05, 0.1) is 6.20 Å². The van der Waals surface area contributed by atoms with Crippen molar-refractivity contribution in [3.05, 3.63) is 11.1 Å². The Bertz CT molecular complexity index is 631. The molecule has 3 heterocycles. The Morgan fingerprint density at radius 1 is 1.50 bits per heavy atom. The standard InChI is InChI=1S/C13H17N5O3S/c14-10(20)8-5-15-11(22-8)17-12(21)18-3-1-2-13(7-18)4-9(19)16-6-13/h5H,1-4,6-7H2,(H2,14,20)(H,16,19)(H,15,17,21). The fourth-order valence-corrected chi connectivity index (χ4v) is 3.70. The summed E-state index contributed by atoms with van der Waals surface area (Å²) in [6.45, 7) is 1.82. The Morgan fingerprint density at radius 3 is 2.95 bits per heavy atom. The van der Waals surface area contributed by atoms with Crippen LogP contribution in [0.2, 0.25) is 0 Å². The SMILES string of the molecule is NC(=O)c1cnc(NC(=O)N2CCCC3(CNC(=O)C3)C2)s1. The van der Waals surface area contributed by atoms with Crippen LogP contribution in [0.1, 0.15) is 28.9 Å². The van der Waals surface area contributed by atoms with Gasteiger partial charge in [0.25, 0.3) is 5.91 Å². The lowest BCUT2D eigenvalue weighted by Gasteiger charge is -2.39. The molecule has 0 saturated carbocycles. The minimum Gasteiger partial charge on any atom is -0.365 e. The first-order valence-corrected chi connectivity index (χ1v) is 7.87. The summed E-state index contributed by atoms with van der Waals surface area (Å²) in [7, 11) is 0. The van der Waals surface area contributed by atoms with Gasteiger partial charge in [-0.1, -0.05) is 11.3 Å². The number of aromatic nitrogens is 1. The molecule has 8 nitrogen and oxygen atoms in total. The van der Waals surface area contributed by atoms with Crippen LogP contribution in [0.25, 0.3) is 0 Å². The number of carbonyl (C=O) groups is 3. The Morgan fingerprint density at radius 2 is 2.32 bits per heavy atom. The maximum absolute atomic E-state index is 12.3. The molecule has 0 aliphatic carbocycles. The molecular formula is C13H17N5O3S. The van der Waals surface area contributed by atoms with Gasteiger partial charge in [-0.15, -0.1) is 0 Å². The molecule has 1 atom stereocenters. The Kier molecular flexibility index (Phi) is 3.73. The number of amides is 4. The minimum atomic E-state index is -0.564. The highest BCUT2D eigenvalue weighted by Gasteiger charge is 2.42. The molecule has 0 radical (unpaired) electrons. The van der Waals surface area contributed by atoms with Gasteiger partial charge in [0.15, 0.2) is 5.13 Å². The van der Waals surface area contributed by atoms with Crippen molar-refractivity contribution in [1.82, 2.24) is 15.2 Å². The van der Waals surface area contributed by atoms with Crippen molar-refractivity contribution in [3.63, 3.8) is 0 Å². The van der Waals surface area contributed by atoms with Crippen LogP contribution in [0, 0.1) is 5.41 Å². The summed E-state index contributed by atoms with van der Waals surface area (Å²) in [5.74, 6) is -0.515. The molecule has 118 valence electrons. The molecule has 1 aromatic heterocycles. The monoisotopic (exact) mass is 323 g/mol. The van der Waals surface area contributed by atoms with Crippen molar-refractivity contribution in [1.29, 1.82) is 0 Å². The number of hydrogen-bond acceptors (Lipinski definition) is 5. The highest BCUT2D eigenvalue weighted by atomic mass is 32.1. The van der Waals surface area contributed by atoms with E-state index in [-0.39, 0.29) is 17.4 Å². The van der Waals surface area contributed by atoms with E-state index < -0.39 is 5.91 Å². The molecule has 22 heavy (non-hydrogen) atoms. The van der Waals surface area contributed by atoms with E-state index in [0.717, 1.165) is 24.2 Å². The molecule has 1 unspecified atom stereocenters. The van der Waals surface area contributed by atoms with Crippen LogP contribution in [-0.4, -0.2) is 47.4 Å². The highest BCUT2D eigenvalue weighted by molar-refractivity contribution is 7.17. The van der Waals surface area contributed by atoms with Gasteiger partial charge in [-0.3, -0.25) is 14.9 Å². The van der Waals surface area contributed by atoms with E-state index in [0.29, 0.717) is 36.1 Å². The molecule has 2 aliphatic rings. The smallest absolute Gasteiger partial charge is 0.323 e. The van der Waals surface area contributed by atoms with Crippen LogP contribution in [0.4, 0.5) is 9.93 Å². The number of nitrogens with two attached hydrogens (primary N) is 1. The van der Waals surface area contributed by atoms with Gasteiger partial charge in [0.1, 0.15) is 4.88 Å². The van der Waals surface area contributed by atoms with E-state index in [1.807, 2.05) is 0 Å². The summed E-state index contributed by atoms with van der Waals surface area (Å²) in [5.41, 5.74) is 5.02. The second-order valence-corrected chi connectivity index (χ2v) is 6.83. The van der Waals surface area contributed by atoms with Gasteiger partial charge in [-0.25, -0.2) is 9.78 Å². The molecule has 9 heteroatoms. The Balaban J connectivity index is 1.64. The van der Waals surface area contributed by atoms with Crippen LogP contribution in [0.15, 0.2) is 6.20 Å². The fraction of sp³-hybridized carbons (Fsp3) is 0.538. The average Bonchev–Trinajstić information content (AvgIpc) is 3.07. The largest absolute Gasteiger partial charge is 0.365 e. The zero-order valence-corrected chi connectivity index (χ0v) is 12.7. The predicted molar refractivity (Wildman–Crippen MR) is 80.5 cm³/mol. The first-order valence-electron chi connectivity index (χ1n) is 7.06. The topological polar surface area (TPSA) is 117 Å². The maximum Gasteiger partial charge on any atom is 0.323 e. The summed E-state index contributed by atoms with van der Waals surface area (Å²) in [5, 5.41) is 5.88. The van der Waals surface area contributed by atoms with Gasteiger partial charge in [0, 0.05) is 31.5 Å². The Hall–Kier alpha value is -2.16. The van der Waals surface area contributed by atoms with Gasteiger partial charge < -0.3 is 16.0 Å². The summed E-state index contributed by atoms with van der Waals surface area (Å²) >= 11 is 1.05. The van der Waals surface area contributed by atoms with E-state index in [2.05, 4.69) is 15.6 Å². The van der Waals surface area contributed by atoms with Crippen molar-refractivity contribution < 1.29 is 14.4 Å². The molecular weight excluding hydrogens is 306 g/mol. The van der Waals surface area contributed by atoms with Crippen LogP contribution in [-0.2, 0) is 4.79 Å². The molecule has 2 saturated heterocycles. The number of thiazole rings is 1. The first-order chi connectivity index (χ1) is 10.5. The number of rotatable bonds is 2. The number of anilines is 1. The molecule has 4 amide bonds. The van der Waals surface area contributed by atoms with Gasteiger partial charge in [0.2, 0.25) is 5.91 Å². The quantitative estimate of drug-likeness (QED) is 0.729. The zero-order chi connectivity index (χ0) is 15.7. The summed E-state index contributed by atoms with van der Waals surface area (Å²) in [6.07, 6.45) is 3.63. The van der Waals surface area contributed by atoms with E-state index >= 15 is 0 Å². The molecule has 2 aliphatic heterocycles. The van der Waals surface area contributed by atoms with Gasteiger partial charge in [-0.2, -0.15) is 0 Å². The first kappa shape index (κ1) is 14.8. The number of carbonyl (C=O) groups excluding carboxylic acids is 3. The summed E-state index contributed by atoms with van der Waals surface area (Å²) in [6, 6.07) is -0.260. The summed E-state index contributed by atoms with van der Waals surface area (Å²) < 4.78 is 0. The third-order valence-electron chi connectivity index (χ3n) is 4.11. The normalized spacial score (nSPS) is 24.4. The average molecular weight is 323 g/mol. The predicted octanol–water partition coefficient (Wildman–Crippen LogP) is 0.376. The maximum atomic E-state index is 12.3. The van der Waals surface area contributed by atoms with Crippen LogP contribution >= 0.6 is 11.3 Å². The number of piperidine rings is 1. The third-order valence-corrected chi connectivity index (χ3v) is 5.03. The second kappa shape index (κ2) is 5.56. The number of hydrogen-bond donors (Lipinski definition) is 3. The Labute approximate surface area is 131 Å². The highest BCUT2D eigenvalue weighted by Crippen LogP contribution is 2.36. The van der Waals surface area contributed by atoms with Crippen molar-refractivity contribution in [2.45, 2.75) is 19.3 Å². The van der Waals surface area contributed by atoms with Crippen LogP contribution in [0.3, 0.4) is 0 Å². The number of likely N-dealkylation sites (tertiary alicyclic amines) is 1. The van der Waals surface area contributed by atoms with Crippen molar-refractivity contribution in [2.75, 3.05) is 25.0 Å². The fourth-order valence-electron chi connectivity index (χ4n) is 3.04. The van der Waals surface area contributed by atoms with Crippen molar-refractivity contribution in [2.24, 2.45) is 11.1 Å². The van der Waals surface area contributed by atoms with Crippen molar-refractivity contribution >= 4 is 34.3 Å². The van der Waals surface area contributed by atoms with E-state index in [9.17, 15) is 14.4 Å². The minimum absolute atomic E-state index is 0.0493. The second-order valence-electron chi connectivity index (χ2n) is 5.80. The van der Waals surface area contributed by atoms with Crippen molar-refractivity contribution in [3.8, 4) is 0 Å². The molecule has 0 aromatic carbocycles. The van der Waals surface area contributed by atoms with E-state index in [1.54, 1.807) is 4.90 Å². The molecule has 3 rings (SSSR count).